The number of ether oxygens (including phenoxy) is 1. The van der Waals surface area contributed by atoms with Crippen molar-refractivity contribution in [1.29, 1.82) is 0 Å². The van der Waals surface area contributed by atoms with E-state index in [2.05, 4.69) is 15.3 Å². The first-order valence-electron chi connectivity index (χ1n) is 7.48. The number of esters is 1. The van der Waals surface area contributed by atoms with Gasteiger partial charge < -0.3 is 14.5 Å². The van der Waals surface area contributed by atoms with Gasteiger partial charge in [-0.1, -0.05) is 6.07 Å². The second kappa shape index (κ2) is 6.48. The molecule has 0 saturated carbocycles. The molecule has 0 atom stereocenters. The molecule has 0 aromatic carbocycles. The van der Waals surface area contributed by atoms with Gasteiger partial charge in [-0.25, -0.2) is 14.8 Å². The molecule has 0 aliphatic rings. The number of imidazole rings is 1. The lowest BCUT2D eigenvalue weighted by molar-refractivity contribution is 0.0526. The molecule has 23 heavy (non-hydrogen) atoms. The molecule has 0 aliphatic carbocycles. The zero-order valence-corrected chi connectivity index (χ0v) is 13.1. The second-order valence-corrected chi connectivity index (χ2v) is 5.13. The Bertz CT molecular complexity index is 824. The summed E-state index contributed by atoms with van der Waals surface area (Å²) in [5.74, 6) is 0.328. The number of hydrogen-bond donors (Lipinski definition) is 1. The Morgan fingerprint density at radius 2 is 2.17 bits per heavy atom. The van der Waals surface area contributed by atoms with Gasteiger partial charge in [0.15, 0.2) is 0 Å². The lowest BCUT2D eigenvalue weighted by Gasteiger charge is -2.05. The molecule has 0 bridgehead atoms. The molecular formula is C17H18N4O2. The van der Waals surface area contributed by atoms with E-state index in [1.807, 2.05) is 35.7 Å². The van der Waals surface area contributed by atoms with Crippen LogP contribution in [-0.2, 0) is 11.3 Å². The third kappa shape index (κ3) is 3.31. The second-order valence-electron chi connectivity index (χ2n) is 5.13. The molecule has 3 aromatic heterocycles. The van der Waals surface area contributed by atoms with Gasteiger partial charge in [-0.05, 0) is 38.1 Å². The molecule has 0 saturated heterocycles. The van der Waals surface area contributed by atoms with Crippen molar-refractivity contribution in [1.82, 2.24) is 14.4 Å². The van der Waals surface area contributed by atoms with Crippen LogP contribution in [0.4, 0.5) is 5.82 Å². The molecule has 3 rings (SSSR count). The number of anilines is 1. The molecular weight excluding hydrogens is 292 g/mol. The Balaban J connectivity index is 1.67. The minimum Gasteiger partial charge on any atom is -0.462 e. The summed E-state index contributed by atoms with van der Waals surface area (Å²) in [6.45, 7) is 4.73. The van der Waals surface area contributed by atoms with Gasteiger partial charge >= 0.3 is 5.97 Å². The highest BCUT2D eigenvalue weighted by Crippen LogP contribution is 2.11. The van der Waals surface area contributed by atoms with E-state index in [4.69, 9.17) is 4.74 Å². The molecule has 0 radical (unpaired) electrons. The van der Waals surface area contributed by atoms with E-state index in [1.54, 1.807) is 19.1 Å². The third-order valence-corrected chi connectivity index (χ3v) is 3.47. The highest BCUT2D eigenvalue weighted by molar-refractivity contribution is 5.89. The molecule has 1 N–H and O–H groups in total. The average molecular weight is 310 g/mol. The number of pyridine rings is 2. The first-order valence-corrected chi connectivity index (χ1v) is 7.48. The van der Waals surface area contributed by atoms with E-state index in [-0.39, 0.29) is 5.97 Å². The highest BCUT2D eigenvalue weighted by Gasteiger charge is 2.07. The standard InChI is InChI=1S/C17H18N4O2/c1-3-23-17(22)13-7-8-15(18-9-13)19-10-14-11-21-12(2)5-4-6-16(21)20-14/h4-9,11H,3,10H2,1-2H3,(H,18,19). The predicted molar refractivity (Wildman–Crippen MR) is 87.4 cm³/mol. The van der Waals surface area contributed by atoms with Gasteiger partial charge in [-0.2, -0.15) is 0 Å². The van der Waals surface area contributed by atoms with Gasteiger partial charge in [-0.3, -0.25) is 0 Å². The number of fused-ring (bicyclic) bond motifs is 1. The number of nitrogens with zero attached hydrogens (tertiary/aromatic N) is 3. The maximum atomic E-state index is 11.6. The molecule has 6 nitrogen and oxygen atoms in total. The van der Waals surface area contributed by atoms with Crippen LogP contribution in [0.5, 0.6) is 0 Å². The molecule has 0 spiro atoms. The molecule has 6 heteroatoms. The normalized spacial score (nSPS) is 10.7. The lowest BCUT2D eigenvalue weighted by Crippen LogP contribution is -2.06. The zero-order valence-electron chi connectivity index (χ0n) is 13.1. The molecule has 0 aliphatic heterocycles. The fourth-order valence-corrected chi connectivity index (χ4v) is 2.30. The fraction of sp³-hybridized carbons (Fsp3) is 0.235. The average Bonchev–Trinajstić information content (AvgIpc) is 2.98. The van der Waals surface area contributed by atoms with Gasteiger partial charge in [0.1, 0.15) is 11.5 Å². The Morgan fingerprint density at radius 3 is 2.87 bits per heavy atom. The number of carbonyl (C=O) groups is 1. The smallest absolute Gasteiger partial charge is 0.339 e. The van der Waals surface area contributed by atoms with E-state index in [1.165, 1.54) is 6.20 Å². The predicted octanol–water partition coefficient (Wildman–Crippen LogP) is 2.83. The summed E-state index contributed by atoms with van der Waals surface area (Å²) in [5.41, 5.74) is 3.43. The van der Waals surface area contributed by atoms with Crippen LogP contribution in [-0.4, -0.2) is 26.9 Å². The monoisotopic (exact) mass is 310 g/mol. The first-order chi connectivity index (χ1) is 11.2. The van der Waals surface area contributed by atoms with Crippen LogP contribution in [0.2, 0.25) is 0 Å². The van der Waals surface area contributed by atoms with Crippen molar-refractivity contribution in [2.75, 3.05) is 11.9 Å². The molecule has 3 aromatic rings. The minimum absolute atomic E-state index is 0.353. The van der Waals surface area contributed by atoms with Crippen LogP contribution in [0.3, 0.4) is 0 Å². The van der Waals surface area contributed by atoms with E-state index < -0.39 is 0 Å². The van der Waals surface area contributed by atoms with E-state index in [0.29, 0.717) is 24.5 Å². The third-order valence-electron chi connectivity index (χ3n) is 3.47. The number of carbonyl (C=O) groups excluding carboxylic acids is 1. The van der Waals surface area contributed by atoms with Crippen molar-refractivity contribution >= 4 is 17.4 Å². The van der Waals surface area contributed by atoms with Crippen LogP contribution in [0.1, 0.15) is 28.7 Å². The number of hydrogen-bond acceptors (Lipinski definition) is 5. The SMILES string of the molecule is CCOC(=O)c1ccc(NCc2cn3c(C)cccc3n2)nc1. The van der Waals surface area contributed by atoms with Gasteiger partial charge in [0, 0.05) is 18.1 Å². The molecule has 0 unspecified atom stereocenters. The number of aromatic nitrogens is 3. The number of rotatable bonds is 5. The van der Waals surface area contributed by atoms with Gasteiger partial charge in [-0.15, -0.1) is 0 Å². The minimum atomic E-state index is -0.359. The Kier molecular flexibility index (Phi) is 4.23. The van der Waals surface area contributed by atoms with Crippen molar-refractivity contribution < 1.29 is 9.53 Å². The van der Waals surface area contributed by atoms with Gasteiger partial charge in [0.05, 0.1) is 24.4 Å². The van der Waals surface area contributed by atoms with Crippen molar-refractivity contribution in [3.05, 3.63) is 59.7 Å². The molecule has 118 valence electrons. The maximum absolute atomic E-state index is 11.6. The molecule has 0 fully saturated rings. The van der Waals surface area contributed by atoms with Crippen molar-refractivity contribution in [2.45, 2.75) is 20.4 Å². The number of aryl methyl sites for hydroxylation is 1. The van der Waals surface area contributed by atoms with E-state index in [0.717, 1.165) is 17.0 Å². The van der Waals surface area contributed by atoms with Crippen LogP contribution < -0.4 is 5.32 Å². The van der Waals surface area contributed by atoms with Crippen LogP contribution >= 0.6 is 0 Å². The van der Waals surface area contributed by atoms with Crippen LogP contribution in [0.25, 0.3) is 5.65 Å². The Morgan fingerprint density at radius 1 is 1.30 bits per heavy atom. The lowest BCUT2D eigenvalue weighted by atomic mass is 10.3. The van der Waals surface area contributed by atoms with Crippen molar-refractivity contribution in [3.63, 3.8) is 0 Å². The topological polar surface area (TPSA) is 68.5 Å². The largest absolute Gasteiger partial charge is 0.462 e. The first kappa shape index (κ1) is 15.0. The quantitative estimate of drug-likeness (QED) is 0.734. The fourth-order valence-electron chi connectivity index (χ4n) is 2.30. The summed E-state index contributed by atoms with van der Waals surface area (Å²) in [4.78, 5) is 20.4. The summed E-state index contributed by atoms with van der Waals surface area (Å²) < 4.78 is 6.98. The van der Waals surface area contributed by atoms with Crippen LogP contribution in [0, 0.1) is 6.92 Å². The van der Waals surface area contributed by atoms with Crippen molar-refractivity contribution in [2.24, 2.45) is 0 Å². The highest BCUT2D eigenvalue weighted by atomic mass is 16.5. The Hall–Kier alpha value is -2.89. The zero-order chi connectivity index (χ0) is 16.2. The summed E-state index contributed by atoms with van der Waals surface area (Å²) in [7, 11) is 0. The summed E-state index contributed by atoms with van der Waals surface area (Å²) in [6, 6.07) is 9.46. The molecule has 0 amide bonds. The maximum Gasteiger partial charge on any atom is 0.339 e. The van der Waals surface area contributed by atoms with E-state index >= 15 is 0 Å². The van der Waals surface area contributed by atoms with Crippen LogP contribution in [0.15, 0.2) is 42.7 Å². The number of nitrogens with one attached hydrogen (secondary N) is 1. The van der Waals surface area contributed by atoms with Crippen molar-refractivity contribution in [3.8, 4) is 0 Å². The summed E-state index contributed by atoms with van der Waals surface area (Å²) in [5, 5.41) is 3.20. The summed E-state index contributed by atoms with van der Waals surface area (Å²) in [6.07, 6.45) is 3.51. The summed E-state index contributed by atoms with van der Waals surface area (Å²) >= 11 is 0. The van der Waals surface area contributed by atoms with E-state index in [9.17, 15) is 4.79 Å². The molecule has 3 heterocycles. The van der Waals surface area contributed by atoms with Gasteiger partial charge in [0.2, 0.25) is 0 Å². The van der Waals surface area contributed by atoms with Gasteiger partial charge in [0.25, 0.3) is 0 Å². The Labute approximate surface area is 134 Å².